The van der Waals surface area contributed by atoms with Crippen molar-refractivity contribution in [2.45, 2.75) is 40.5 Å². The van der Waals surface area contributed by atoms with Crippen LogP contribution in [-0.4, -0.2) is 40.4 Å². The first-order valence-electron chi connectivity index (χ1n) is 11.9. The topological polar surface area (TPSA) is 81.9 Å². The average Bonchev–Trinajstić information content (AvgIpc) is 2.86. The molecule has 2 aromatic carbocycles. The Morgan fingerprint density at radius 1 is 1.06 bits per heavy atom. The van der Waals surface area contributed by atoms with Crippen molar-refractivity contribution < 1.29 is 4.79 Å². The third kappa shape index (κ3) is 6.72. The summed E-state index contributed by atoms with van der Waals surface area (Å²) < 4.78 is 0. The molecule has 0 bridgehead atoms. The highest BCUT2D eigenvalue weighted by molar-refractivity contribution is 5.93. The lowest BCUT2D eigenvalue weighted by Gasteiger charge is -2.17. The summed E-state index contributed by atoms with van der Waals surface area (Å²) >= 11 is 0. The van der Waals surface area contributed by atoms with Crippen molar-refractivity contribution in [2.24, 2.45) is 5.92 Å². The van der Waals surface area contributed by atoms with Crippen molar-refractivity contribution >= 4 is 11.6 Å². The summed E-state index contributed by atoms with van der Waals surface area (Å²) in [6.07, 6.45) is 3.43. The quantitative estimate of drug-likeness (QED) is 0.461. The first-order valence-corrected chi connectivity index (χ1v) is 11.9. The van der Waals surface area contributed by atoms with Gasteiger partial charge in [0.2, 0.25) is 5.91 Å². The zero-order chi connectivity index (χ0) is 24.5. The standard InChI is InChI=1S/C28H33N5O/c1-5-33(6-2)16-14-21-7-9-22(10-8-21)17-27-30-15-13-26(31-27)23-11-12-25(24(18-23)19-29)32-28(34)20(3)4/h7-13,15,18,20H,5-6,14,16-17H2,1-4H3,(H,32,34). The molecule has 176 valence electrons. The molecule has 3 rings (SSSR count). The van der Waals surface area contributed by atoms with E-state index in [-0.39, 0.29) is 11.8 Å². The molecule has 0 saturated heterocycles. The molecular weight excluding hydrogens is 422 g/mol. The number of hydrogen-bond donors (Lipinski definition) is 1. The Hall–Kier alpha value is -3.56. The minimum absolute atomic E-state index is 0.118. The van der Waals surface area contributed by atoms with Gasteiger partial charge in [0, 0.05) is 30.6 Å². The molecule has 1 aromatic heterocycles. The largest absolute Gasteiger partial charge is 0.325 e. The van der Waals surface area contributed by atoms with Crippen LogP contribution in [0.2, 0.25) is 0 Å². The van der Waals surface area contributed by atoms with Crippen LogP contribution < -0.4 is 5.32 Å². The first kappa shape index (κ1) is 25.1. The van der Waals surface area contributed by atoms with Gasteiger partial charge in [-0.25, -0.2) is 9.97 Å². The molecule has 3 aromatic rings. The Morgan fingerprint density at radius 2 is 1.76 bits per heavy atom. The molecule has 6 nitrogen and oxygen atoms in total. The Kier molecular flexibility index (Phi) is 8.89. The van der Waals surface area contributed by atoms with E-state index in [9.17, 15) is 10.1 Å². The van der Waals surface area contributed by atoms with Crippen LogP contribution in [0.4, 0.5) is 5.69 Å². The normalized spacial score (nSPS) is 11.0. The molecule has 1 heterocycles. The fourth-order valence-corrected chi connectivity index (χ4v) is 3.66. The number of carbonyl (C=O) groups is 1. The lowest BCUT2D eigenvalue weighted by atomic mass is 10.0. The smallest absolute Gasteiger partial charge is 0.226 e. The predicted molar refractivity (Wildman–Crippen MR) is 136 cm³/mol. The number of likely N-dealkylation sites (N-methyl/N-ethyl adjacent to an activating group) is 1. The van der Waals surface area contributed by atoms with Crippen molar-refractivity contribution in [1.82, 2.24) is 14.9 Å². The van der Waals surface area contributed by atoms with Crippen molar-refractivity contribution in [3.8, 4) is 17.3 Å². The minimum atomic E-state index is -0.160. The van der Waals surface area contributed by atoms with Crippen molar-refractivity contribution in [1.29, 1.82) is 5.26 Å². The van der Waals surface area contributed by atoms with E-state index >= 15 is 0 Å². The summed E-state index contributed by atoms with van der Waals surface area (Å²) in [5.74, 6) is 0.448. The number of anilines is 1. The molecule has 0 aliphatic heterocycles. The Bertz CT molecular complexity index is 1140. The maximum absolute atomic E-state index is 12.0. The van der Waals surface area contributed by atoms with Gasteiger partial charge in [-0.2, -0.15) is 5.26 Å². The van der Waals surface area contributed by atoms with E-state index in [1.807, 2.05) is 26.0 Å². The van der Waals surface area contributed by atoms with Gasteiger partial charge in [-0.15, -0.1) is 0 Å². The molecule has 1 N–H and O–H groups in total. The zero-order valence-corrected chi connectivity index (χ0v) is 20.5. The van der Waals surface area contributed by atoms with Gasteiger partial charge in [-0.3, -0.25) is 4.79 Å². The summed E-state index contributed by atoms with van der Waals surface area (Å²) in [6, 6.07) is 18.1. The van der Waals surface area contributed by atoms with Crippen LogP contribution in [0.15, 0.2) is 54.7 Å². The Morgan fingerprint density at radius 3 is 2.41 bits per heavy atom. The molecule has 0 aliphatic carbocycles. The van der Waals surface area contributed by atoms with Crippen LogP contribution >= 0.6 is 0 Å². The predicted octanol–water partition coefficient (Wildman–Crippen LogP) is 5.08. The average molecular weight is 456 g/mol. The fraction of sp³-hybridized carbons (Fsp3) is 0.357. The highest BCUT2D eigenvalue weighted by Crippen LogP contribution is 2.24. The van der Waals surface area contributed by atoms with Crippen LogP contribution in [0.5, 0.6) is 0 Å². The number of nitriles is 1. The SMILES string of the molecule is CCN(CC)CCc1ccc(Cc2nccc(-c3ccc(NC(=O)C(C)C)c(C#N)c3)n2)cc1. The monoisotopic (exact) mass is 455 g/mol. The Labute approximate surface area is 202 Å². The number of benzene rings is 2. The lowest BCUT2D eigenvalue weighted by Crippen LogP contribution is -2.25. The summed E-state index contributed by atoms with van der Waals surface area (Å²) in [7, 11) is 0. The van der Waals surface area contributed by atoms with Gasteiger partial charge in [0.05, 0.1) is 16.9 Å². The number of nitrogens with one attached hydrogen (secondary N) is 1. The lowest BCUT2D eigenvalue weighted by molar-refractivity contribution is -0.118. The van der Waals surface area contributed by atoms with Gasteiger partial charge in [-0.1, -0.05) is 58.0 Å². The fourth-order valence-electron chi connectivity index (χ4n) is 3.66. The maximum Gasteiger partial charge on any atom is 0.226 e. The van der Waals surface area contributed by atoms with Gasteiger partial charge in [-0.05, 0) is 48.8 Å². The van der Waals surface area contributed by atoms with Crippen molar-refractivity contribution in [3.63, 3.8) is 0 Å². The molecule has 0 atom stereocenters. The van der Waals surface area contributed by atoms with Crippen LogP contribution in [0.1, 0.15) is 50.2 Å². The summed E-state index contributed by atoms with van der Waals surface area (Å²) in [6.45, 7) is 11.3. The van der Waals surface area contributed by atoms with Gasteiger partial charge in [0.15, 0.2) is 0 Å². The third-order valence-electron chi connectivity index (χ3n) is 5.92. The van der Waals surface area contributed by atoms with Crippen LogP contribution in [0.25, 0.3) is 11.3 Å². The molecule has 0 spiro atoms. The number of nitrogens with zero attached hydrogens (tertiary/aromatic N) is 4. The van der Waals surface area contributed by atoms with Gasteiger partial charge >= 0.3 is 0 Å². The molecule has 0 fully saturated rings. The van der Waals surface area contributed by atoms with Crippen molar-refractivity contribution in [3.05, 3.63) is 77.2 Å². The second-order valence-electron chi connectivity index (χ2n) is 8.64. The molecule has 0 unspecified atom stereocenters. The van der Waals surface area contributed by atoms with E-state index in [4.69, 9.17) is 4.98 Å². The highest BCUT2D eigenvalue weighted by atomic mass is 16.1. The molecule has 0 saturated carbocycles. The molecule has 6 heteroatoms. The molecular formula is C28H33N5O. The van der Waals surface area contributed by atoms with E-state index in [2.05, 4.69) is 59.4 Å². The molecule has 0 radical (unpaired) electrons. The van der Waals surface area contributed by atoms with Crippen molar-refractivity contribution in [2.75, 3.05) is 25.0 Å². The van der Waals surface area contributed by atoms with Gasteiger partial charge in [0.1, 0.15) is 11.9 Å². The molecule has 34 heavy (non-hydrogen) atoms. The number of rotatable bonds is 10. The highest BCUT2D eigenvalue weighted by Gasteiger charge is 2.12. The summed E-state index contributed by atoms with van der Waals surface area (Å²) in [5, 5.41) is 12.4. The van der Waals surface area contributed by atoms with E-state index in [0.29, 0.717) is 17.7 Å². The number of aromatic nitrogens is 2. The molecule has 0 aliphatic rings. The number of carbonyl (C=O) groups excluding carboxylic acids is 1. The van der Waals surface area contributed by atoms with E-state index < -0.39 is 0 Å². The zero-order valence-electron chi connectivity index (χ0n) is 20.5. The van der Waals surface area contributed by atoms with E-state index in [1.54, 1.807) is 18.3 Å². The van der Waals surface area contributed by atoms with Crippen LogP contribution in [0.3, 0.4) is 0 Å². The van der Waals surface area contributed by atoms with E-state index in [1.165, 1.54) is 5.56 Å². The summed E-state index contributed by atoms with van der Waals surface area (Å²) in [4.78, 5) is 23.6. The van der Waals surface area contributed by atoms with Crippen LogP contribution in [-0.2, 0) is 17.6 Å². The Balaban J connectivity index is 1.71. The van der Waals surface area contributed by atoms with Crippen LogP contribution in [0, 0.1) is 17.2 Å². The van der Waals surface area contributed by atoms with Gasteiger partial charge < -0.3 is 10.2 Å². The first-order chi connectivity index (χ1) is 16.4. The second kappa shape index (κ2) is 12.1. The number of hydrogen-bond acceptors (Lipinski definition) is 5. The number of amides is 1. The summed E-state index contributed by atoms with van der Waals surface area (Å²) in [5.41, 5.74) is 4.98. The van der Waals surface area contributed by atoms with E-state index in [0.717, 1.165) is 48.7 Å². The maximum atomic E-state index is 12.0. The third-order valence-corrected chi connectivity index (χ3v) is 5.92. The minimum Gasteiger partial charge on any atom is -0.325 e. The second-order valence-corrected chi connectivity index (χ2v) is 8.64. The molecule has 1 amide bonds. The van der Waals surface area contributed by atoms with Gasteiger partial charge in [0.25, 0.3) is 0 Å².